The van der Waals surface area contributed by atoms with E-state index in [-0.39, 0.29) is 23.6 Å². The smallest absolute Gasteiger partial charge is 0.329 e. The molecule has 1 aromatic carbocycles. The lowest BCUT2D eigenvalue weighted by atomic mass is 10.1. The lowest BCUT2D eigenvalue weighted by molar-refractivity contribution is -0.154. The van der Waals surface area contributed by atoms with Crippen molar-refractivity contribution in [2.75, 3.05) is 19.7 Å². The van der Waals surface area contributed by atoms with Gasteiger partial charge in [0.25, 0.3) is 17.7 Å². The zero-order chi connectivity index (χ0) is 17.3. The zero-order valence-electron chi connectivity index (χ0n) is 13.4. The van der Waals surface area contributed by atoms with Crippen molar-refractivity contribution in [3.63, 3.8) is 0 Å². The van der Waals surface area contributed by atoms with Gasteiger partial charge in [-0.3, -0.25) is 19.3 Å². The molecule has 1 saturated heterocycles. The molecule has 3 rings (SSSR count). The third-order valence-electron chi connectivity index (χ3n) is 4.35. The van der Waals surface area contributed by atoms with Crippen LogP contribution >= 0.6 is 0 Å². The van der Waals surface area contributed by atoms with E-state index >= 15 is 0 Å². The highest BCUT2D eigenvalue weighted by atomic mass is 16.5. The first kappa shape index (κ1) is 16.2. The van der Waals surface area contributed by atoms with Crippen molar-refractivity contribution in [3.05, 3.63) is 35.4 Å². The van der Waals surface area contributed by atoms with Crippen LogP contribution in [0.1, 0.15) is 40.5 Å². The van der Waals surface area contributed by atoms with Gasteiger partial charge in [-0.25, -0.2) is 4.79 Å². The number of imide groups is 1. The second-order valence-corrected chi connectivity index (χ2v) is 5.90. The number of amides is 3. The van der Waals surface area contributed by atoms with Crippen LogP contribution in [0.15, 0.2) is 24.3 Å². The number of ether oxygens (including phenoxy) is 1. The summed E-state index contributed by atoms with van der Waals surface area (Å²) in [5.41, 5.74) is 0.547. The molecule has 126 valence electrons. The minimum Gasteiger partial charge on any atom is -0.454 e. The Morgan fingerprint density at radius 1 is 1.08 bits per heavy atom. The molecule has 0 saturated carbocycles. The molecule has 1 atom stereocenters. The van der Waals surface area contributed by atoms with Crippen LogP contribution in [-0.2, 0) is 14.3 Å². The summed E-state index contributed by atoms with van der Waals surface area (Å²) in [6, 6.07) is 5.33. The van der Waals surface area contributed by atoms with Gasteiger partial charge in [-0.15, -0.1) is 0 Å². The average molecular weight is 330 g/mol. The molecular weight excluding hydrogens is 312 g/mol. The summed E-state index contributed by atoms with van der Waals surface area (Å²) in [5, 5.41) is 0. The van der Waals surface area contributed by atoms with Crippen LogP contribution in [0.4, 0.5) is 0 Å². The maximum atomic E-state index is 12.3. The summed E-state index contributed by atoms with van der Waals surface area (Å²) in [7, 11) is 0. The number of carbonyl (C=O) groups is 4. The Hall–Kier alpha value is -2.70. The Labute approximate surface area is 139 Å². The molecule has 0 bridgehead atoms. The van der Waals surface area contributed by atoms with Gasteiger partial charge in [0.15, 0.2) is 6.61 Å². The van der Waals surface area contributed by atoms with Crippen LogP contribution in [0, 0.1) is 0 Å². The molecule has 0 N–H and O–H groups in total. The molecule has 2 aliphatic rings. The van der Waals surface area contributed by atoms with Crippen LogP contribution in [-0.4, -0.2) is 59.2 Å². The Kier molecular flexibility index (Phi) is 4.33. The molecule has 0 aliphatic carbocycles. The Balaban J connectivity index is 1.63. The fourth-order valence-corrected chi connectivity index (χ4v) is 2.98. The largest absolute Gasteiger partial charge is 0.454 e. The summed E-state index contributed by atoms with van der Waals surface area (Å²) in [6.45, 7) is 2.39. The lowest BCUT2D eigenvalue weighted by Crippen LogP contribution is -2.44. The second kappa shape index (κ2) is 6.43. The van der Waals surface area contributed by atoms with E-state index in [4.69, 9.17) is 4.74 Å². The molecule has 1 aromatic rings. The monoisotopic (exact) mass is 330 g/mol. The van der Waals surface area contributed by atoms with Crippen molar-refractivity contribution in [1.82, 2.24) is 9.80 Å². The van der Waals surface area contributed by atoms with Crippen LogP contribution in [0.3, 0.4) is 0 Å². The van der Waals surface area contributed by atoms with Gasteiger partial charge >= 0.3 is 5.97 Å². The zero-order valence-corrected chi connectivity index (χ0v) is 13.4. The van der Waals surface area contributed by atoms with Crippen molar-refractivity contribution < 1.29 is 23.9 Å². The number of carbonyl (C=O) groups excluding carboxylic acids is 4. The summed E-state index contributed by atoms with van der Waals surface area (Å²) in [6.07, 6.45) is 1.90. The molecule has 7 heteroatoms. The second-order valence-electron chi connectivity index (χ2n) is 5.90. The van der Waals surface area contributed by atoms with Crippen molar-refractivity contribution in [1.29, 1.82) is 0 Å². The van der Waals surface area contributed by atoms with Crippen molar-refractivity contribution in [3.8, 4) is 0 Å². The average Bonchev–Trinajstić information content (AvgIpc) is 3.20. The quantitative estimate of drug-likeness (QED) is 0.603. The molecule has 7 nitrogen and oxygen atoms in total. The van der Waals surface area contributed by atoms with Crippen molar-refractivity contribution in [2.45, 2.75) is 25.8 Å². The Bertz CT molecular complexity index is 674. The number of hydrogen-bond donors (Lipinski definition) is 0. The minimum atomic E-state index is -1.08. The highest BCUT2D eigenvalue weighted by molar-refractivity contribution is 6.22. The number of likely N-dealkylation sites (tertiary alicyclic amines) is 1. The predicted molar refractivity (Wildman–Crippen MR) is 83.2 cm³/mol. The molecule has 3 amide bonds. The van der Waals surface area contributed by atoms with Crippen molar-refractivity contribution >= 4 is 23.7 Å². The molecule has 0 aromatic heterocycles. The first-order valence-corrected chi connectivity index (χ1v) is 7.92. The Morgan fingerprint density at radius 3 is 2.17 bits per heavy atom. The van der Waals surface area contributed by atoms with Gasteiger partial charge in [0.1, 0.15) is 6.04 Å². The Morgan fingerprint density at radius 2 is 1.62 bits per heavy atom. The predicted octanol–water partition coefficient (Wildman–Crippen LogP) is 0.837. The molecular formula is C17H18N2O5. The maximum Gasteiger partial charge on any atom is 0.329 e. The van der Waals surface area contributed by atoms with E-state index in [1.807, 2.05) is 0 Å². The number of esters is 1. The van der Waals surface area contributed by atoms with E-state index in [0.29, 0.717) is 13.1 Å². The van der Waals surface area contributed by atoms with Gasteiger partial charge in [-0.1, -0.05) is 12.1 Å². The first-order valence-electron chi connectivity index (χ1n) is 7.92. The minimum absolute atomic E-state index is 0.254. The maximum absolute atomic E-state index is 12.3. The van der Waals surface area contributed by atoms with E-state index in [0.717, 1.165) is 17.7 Å². The van der Waals surface area contributed by atoms with E-state index in [1.54, 1.807) is 29.2 Å². The van der Waals surface area contributed by atoms with Crippen molar-refractivity contribution in [2.24, 2.45) is 0 Å². The highest BCUT2D eigenvalue weighted by Crippen LogP contribution is 2.24. The number of hydrogen-bond acceptors (Lipinski definition) is 5. The van der Waals surface area contributed by atoms with Gasteiger partial charge in [0.2, 0.25) is 0 Å². The van der Waals surface area contributed by atoms with E-state index in [1.165, 1.54) is 6.92 Å². The molecule has 2 heterocycles. The molecule has 0 unspecified atom stereocenters. The standard InChI is InChI=1S/C17H18N2O5/c1-11(17(23)24-10-14(20)18-8-4-5-9-18)19-15(21)12-6-2-3-7-13(12)16(19)22/h2-3,6-7,11H,4-5,8-10H2,1H3/t11-/m0/s1. The van der Waals surface area contributed by atoms with E-state index in [9.17, 15) is 19.2 Å². The SMILES string of the molecule is C[C@@H](C(=O)OCC(=O)N1CCCC1)N1C(=O)c2ccccc2C1=O. The summed E-state index contributed by atoms with van der Waals surface area (Å²) < 4.78 is 5.01. The molecule has 1 fully saturated rings. The van der Waals surface area contributed by atoms with E-state index < -0.39 is 23.8 Å². The number of fused-ring (bicyclic) bond motifs is 1. The third kappa shape index (κ3) is 2.77. The van der Waals surface area contributed by atoms with Gasteiger partial charge in [-0.05, 0) is 31.9 Å². The molecule has 0 radical (unpaired) electrons. The van der Waals surface area contributed by atoms with Crippen LogP contribution in [0.2, 0.25) is 0 Å². The van der Waals surface area contributed by atoms with Gasteiger partial charge in [0.05, 0.1) is 11.1 Å². The van der Waals surface area contributed by atoms with E-state index in [2.05, 4.69) is 0 Å². The highest BCUT2D eigenvalue weighted by Gasteiger charge is 2.41. The van der Waals surface area contributed by atoms with Gasteiger partial charge in [-0.2, -0.15) is 0 Å². The summed E-state index contributed by atoms with van der Waals surface area (Å²) >= 11 is 0. The number of nitrogens with zero attached hydrogens (tertiary/aromatic N) is 2. The molecule has 0 spiro atoms. The topological polar surface area (TPSA) is 84.0 Å². The summed E-state index contributed by atoms with van der Waals surface area (Å²) in [4.78, 5) is 51.2. The van der Waals surface area contributed by atoms with Gasteiger partial charge < -0.3 is 9.64 Å². The normalized spacial score (nSPS) is 17.9. The number of benzene rings is 1. The fourth-order valence-electron chi connectivity index (χ4n) is 2.98. The van der Waals surface area contributed by atoms with Crippen LogP contribution in [0.5, 0.6) is 0 Å². The first-order chi connectivity index (χ1) is 11.5. The van der Waals surface area contributed by atoms with Crippen LogP contribution < -0.4 is 0 Å². The number of rotatable bonds is 4. The molecule has 24 heavy (non-hydrogen) atoms. The fraction of sp³-hybridized carbons (Fsp3) is 0.412. The third-order valence-corrected chi connectivity index (χ3v) is 4.35. The molecule has 2 aliphatic heterocycles. The lowest BCUT2D eigenvalue weighted by Gasteiger charge is -2.21. The van der Waals surface area contributed by atoms with Crippen LogP contribution in [0.25, 0.3) is 0 Å². The van der Waals surface area contributed by atoms with Gasteiger partial charge in [0, 0.05) is 13.1 Å². The summed E-state index contributed by atoms with van der Waals surface area (Å²) in [5.74, 6) is -2.07.